The van der Waals surface area contributed by atoms with E-state index in [0.29, 0.717) is 23.3 Å². The molecule has 1 aromatic carbocycles. The van der Waals surface area contributed by atoms with Crippen molar-refractivity contribution in [3.63, 3.8) is 0 Å². The lowest BCUT2D eigenvalue weighted by atomic mass is 10.1. The predicted octanol–water partition coefficient (Wildman–Crippen LogP) is 2.85. The third-order valence-corrected chi connectivity index (χ3v) is 4.48. The van der Waals surface area contributed by atoms with Gasteiger partial charge in [0.2, 0.25) is 0 Å². The summed E-state index contributed by atoms with van der Waals surface area (Å²) in [5.74, 6) is -1.37. The molecule has 1 heterocycles. The molecule has 1 aromatic rings. The summed E-state index contributed by atoms with van der Waals surface area (Å²) in [4.78, 5) is 25.3. The fourth-order valence-electron chi connectivity index (χ4n) is 2.15. The molecule has 7 heteroatoms. The lowest BCUT2D eigenvalue weighted by Gasteiger charge is -2.22. The van der Waals surface area contributed by atoms with Crippen LogP contribution in [0.3, 0.4) is 0 Å². The summed E-state index contributed by atoms with van der Waals surface area (Å²) in [5, 5.41) is 18.8. The molecule has 1 saturated heterocycles. The minimum atomic E-state index is -1.06. The van der Waals surface area contributed by atoms with E-state index in [1.807, 2.05) is 6.92 Å². The zero-order valence-electron chi connectivity index (χ0n) is 11.9. The van der Waals surface area contributed by atoms with Crippen molar-refractivity contribution in [2.75, 3.05) is 0 Å². The van der Waals surface area contributed by atoms with Crippen LogP contribution in [0.5, 0.6) is 5.75 Å². The van der Waals surface area contributed by atoms with Gasteiger partial charge in [-0.2, -0.15) is 0 Å². The number of thiocarbonyl (C=S) groups is 1. The zero-order valence-corrected chi connectivity index (χ0v) is 13.5. The summed E-state index contributed by atoms with van der Waals surface area (Å²) >= 11 is 6.24. The molecule has 116 valence electrons. The molecule has 5 nitrogen and oxygen atoms in total. The van der Waals surface area contributed by atoms with Crippen LogP contribution in [0.15, 0.2) is 29.2 Å². The van der Waals surface area contributed by atoms with Crippen LogP contribution in [0.4, 0.5) is 0 Å². The van der Waals surface area contributed by atoms with Gasteiger partial charge in [-0.05, 0) is 30.2 Å². The van der Waals surface area contributed by atoms with Gasteiger partial charge in [-0.15, -0.1) is 0 Å². The molecule has 1 aliphatic heterocycles. The molecule has 0 radical (unpaired) electrons. The van der Waals surface area contributed by atoms with Gasteiger partial charge in [0.25, 0.3) is 5.91 Å². The fourth-order valence-corrected chi connectivity index (χ4v) is 3.51. The van der Waals surface area contributed by atoms with Crippen molar-refractivity contribution in [3.8, 4) is 5.75 Å². The molecule has 1 aliphatic rings. The second kappa shape index (κ2) is 6.93. The Morgan fingerprint density at radius 3 is 2.82 bits per heavy atom. The number of thioether (sulfide) groups is 1. The standard InChI is InChI=1S/C15H15NO4S2/c1-2-4-11(14(19)20)16-13(18)12(22-15(16)21)8-9-5-3-6-10(17)7-9/h3,5-8,11,17H,2,4H2,1H3,(H,19,20). The van der Waals surface area contributed by atoms with Gasteiger partial charge in [0, 0.05) is 0 Å². The highest BCUT2D eigenvalue weighted by atomic mass is 32.2. The van der Waals surface area contributed by atoms with Crippen LogP contribution in [-0.4, -0.2) is 37.4 Å². The largest absolute Gasteiger partial charge is 0.508 e. The van der Waals surface area contributed by atoms with E-state index in [9.17, 15) is 19.8 Å². The van der Waals surface area contributed by atoms with Crippen LogP contribution in [-0.2, 0) is 9.59 Å². The number of phenols is 1. The predicted molar refractivity (Wildman–Crippen MR) is 89.5 cm³/mol. The molecule has 0 aromatic heterocycles. The maximum absolute atomic E-state index is 12.4. The average Bonchev–Trinajstić information content (AvgIpc) is 2.71. The van der Waals surface area contributed by atoms with Crippen molar-refractivity contribution in [2.45, 2.75) is 25.8 Å². The normalized spacial score (nSPS) is 18.0. The summed E-state index contributed by atoms with van der Waals surface area (Å²) in [6, 6.07) is 5.52. The SMILES string of the molecule is CCCC(C(=O)O)N1C(=O)C(=Cc2cccc(O)c2)SC1=S. The Kier molecular flexibility index (Phi) is 5.20. The fraction of sp³-hybridized carbons (Fsp3) is 0.267. The smallest absolute Gasteiger partial charge is 0.326 e. The van der Waals surface area contributed by atoms with Gasteiger partial charge in [-0.3, -0.25) is 9.69 Å². The number of carboxylic acids is 1. The van der Waals surface area contributed by atoms with Crippen molar-refractivity contribution < 1.29 is 19.8 Å². The molecule has 0 saturated carbocycles. The van der Waals surface area contributed by atoms with E-state index in [1.54, 1.807) is 18.2 Å². The first-order valence-electron chi connectivity index (χ1n) is 6.73. The third kappa shape index (κ3) is 3.48. The second-order valence-electron chi connectivity index (χ2n) is 4.79. The summed E-state index contributed by atoms with van der Waals surface area (Å²) in [6.07, 6.45) is 2.59. The van der Waals surface area contributed by atoms with E-state index >= 15 is 0 Å². The Balaban J connectivity index is 2.30. The monoisotopic (exact) mass is 337 g/mol. The van der Waals surface area contributed by atoms with Crippen LogP contribution in [0.1, 0.15) is 25.3 Å². The highest BCUT2D eigenvalue weighted by Gasteiger charge is 2.39. The molecule has 0 bridgehead atoms. The number of rotatable bonds is 5. The van der Waals surface area contributed by atoms with E-state index in [-0.39, 0.29) is 10.1 Å². The Hall–Kier alpha value is -1.86. The van der Waals surface area contributed by atoms with Crippen molar-refractivity contribution >= 4 is 46.3 Å². The second-order valence-corrected chi connectivity index (χ2v) is 6.47. The molecule has 0 spiro atoms. The first-order chi connectivity index (χ1) is 10.4. The molecule has 1 fully saturated rings. The Morgan fingerprint density at radius 1 is 1.50 bits per heavy atom. The number of hydrogen-bond acceptors (Lipinski definition) is 5. The third-order valence-electron chi connectivity index (χ3n) is 3.15. The number of aliphatic carboxylic acids is 1. The van der Waals surface area contributed by atoms with Crippen molar-refractivity contribution in [2.24, 2.45) is 0 Å². The van der Waals surface area contributed by atoms with E-state index in [4.69, 9.17) is 12.2 Å². The van der Waals surface area contributed by atoms with E-state index < -0.39 is 17.9 Å². The molecule has 1 unspecified atom stereocenters. The Morgan fingerprint density at radius 2 is 2.23 bits per heavy atom. The van der Waals surface area contributed by atoms with Crippen LogP contribution < -0.4 is 0 Å². The van der Waals surface area contributed by atoms with Gasteiger partial charge in [-0.1, -0.05) is 49.5 Å². The minimum Gasteiger partial charge on any atom is -0.508 e. The van der Waals surface area contributed by atoms with Gasteiger partial charge in [0.05, 0.1) is 4.91 Å². The maximum atomic E-state index is 12.4. The number of carboxylic acid groups (broad SMARTS) is 1. The number of phenolic OH excluding ortho intramolecular Hbond substituents is 1. The van der Waals surface area contributed by atoms with Gasteiger partial charge in [-0.25, -0.2) is 4.79 Å². The number of aromatic hydroxyl groups is 1. The molecular weight excluding hydrogens is 322 g/mol. The first kappa shape index (κ1) is 16.5. The zero-order chi connectivity index (χ0) is 16.3. The molecular formula is C15H15NO4S2. The van der Waals surface area contributed by atoms with Crippen molar-refractivity contribution in [3.05, 3.63) is 34.7 Å². The molecule has 0 aliphatic carbocycles. The molecule has 22 heavy (non-hydrogen) atoms. The van der Waals surface area contributed by atoms with Gasteiger partial charge >= 0.3 is 5.97 Å². The van der Waals surface area contributed by atoms with E-state index in [1.165, 1.54) is 17.0 Å². The number of carbonyl (C=O) groups is 2. The highest BCUT2D eigenvalue weighted by molar-refractivity contribution is 8.26. The number of benzene rings is 1. The average molecular weight is 337 g/mol. The van der Waals surface area contributed by atoms with Crippen LogP contribution in [0.2, 0.25) is 0 Å². The lowest BCUT2D eigenvalue weighted by Crippen LogP contribution is -2.43. The van der Waals surface area contributed by atoms with Crippen LogP contribution >= 0.6 is 24.0 Å². The minimum absolute atomic E-state index is 0.0959. The maximum Gasteiger partial charge on any atom is 0.326 e. The summed E-state index contributed by atoms with van der Waals surface area (Å²) in [7, 11) is 0. The quantitative estimate of drug-likeness (QED) is 0.635. The lowest BCUT2D eigenvalue weighted by molar-refractivity contribution is -0.145. The van der Waals surface area contributed by atoms with Gasteiger partial charge in [0.15, 0.2) is 0 Å². The van der Waals surface area contributed by atoms with Crippen molar-refractivity contribution in [1.29, 1.82) is 0 Å². The number of amides is 1. The van der Waals surface area contributed by atoms with E-state index in [0.717, 1.165) is 11.8 Å². The molecule has 1 amide bonds. The Bertz CT molecular complexity index is 657. The summed E-state index contributed by atoms with van der Waals surface area (Å²) in [6.45, 7) is 1.86. The van der Waals surface area contributed by atoms with Crippen LogP contribution in [0, 0.1) is 0 Å². The topological polar surface area (TPSA) is 77.8 Å². The Labute approximate surface area is 137 Å². The molecule has 2 N–H and O–H groups in total. The highest BCUT2D eigenvalue weighted by Crippen LogP contribution is 2.35. The molecule has 2 rings (SSSR count). The van der Waals surface area contributed by atoms with Gasteiger partial charge in [0.1, 0.15) is 16.1 Å². The summed E-state index contributed by atoms with van der Waals surface area (Å²) in [5.41, 5.74) is 0.655. The van der Waals surface area contributed by atoms with Crippen LogP contribution in [0.25, 0.3) is 6.08 Å². The first-order valence-corrected chi connectivity index (χ1v) is 7.95. The van der Waals surface area contributed by atoms with E-state index in [2.05, 4.69) is 0 Å². The summed E-state index contributed by atoms with van der Waals surface area (Å²) < 4.78 is 0.247. The number of hydrogen-bond donors (Lipinski definition) is 2. The number of nitrogens with zero attached hydrogens (tertiary/aromatic N) is 1. The molecule has 1 atom stereocenters. The van der Waals surface area contributed by atoms with Gasteiger partial charge < -0.3 is 10.2 Å². The van der Waals surface area contributed by atoms with Crippen molar-refractivity contribution in [1.82, 2.24) is 4.90 Å². The number of carbonyl (C=O) groups excluding carboxylic acids is 1.